The Morgan fingerprint density at radius 2 is 2.06 bits per heavy atom. The molecule has 0 bridgehead atoms. The van der Waals surface area contributed by atoms with E-state index in [-0.39, 0.29) is 5.71 Å². The molecular formula is C11H5ClN6. The maximum Gasteiger partial charge on any atom is 0.237 e. The lowest BCUT2D eigenvalue weighted by Gasteiger charge is -2.02. The first-order valence-corrected chi connectivity index (χ1v) is 5.16. The summed E-state index contributed by atoms with van der Waals surface area (Å²) >= 11 is 5.93. The highest BCUT2D eigenvalue weighted by atomic mass is 35.5. The lowest BCUT2D eigenvalue weighted by molar-refractivity contribution is 1.22. The third-order valence-electron chi connectivity index (χ3n) is 2.10. The van der Waals surface area contributed by atoms with Gasteiger partial charge in [-0.15, -0.1) is 0 Å². The van der Waals surface area contributed by atoms with Crippen LogP contribution in [-0.4, -0.2) is 15.7 Å². The van der Waals surface area contributed by atoms with E-state index in [2.05, 4.69) is 20.5 Å². The topological polar surface area (TPSA) is 97.8 Å². The highest BCUT2D eigenvalue weighted by molar-refractivity contribution is 6.34. The van der Waals surface area contributed by atoms with Crippen molar-refractivity contribution in [2.24, 2.45) is 5.10 Å². The van der Waals surface area contributed by atoms with Crippen LogP contribution in [0.5, 0.6) is 0 Å². The SMILES string of the molecule is N#CC(C#N)=NNc1ccc2ncnc(Cl)c2c1. The normalized spacial score (nSPS) is 9.28. The van der Waals surface area contributed by atoms with Crippen molar-refractivity contribution in [3.63, 3.8) is 0 Å². The molecule has 1 aromatic heterocycles. The van der Waals surface area contributed by atoms with E-state index >= 15 is 0 Å². The molecule has 0 aliphatic heterocycles. The first-order valence-electron chi connectivity index (χ1n) is 4.79. The van der Waals surface area contributed by atoms with E-state index < -0.39 is 0 Å². The summed E-state index contributed by atoms with van der Waals surface area (Å²) in [6.07, 6.45) is 1.37. The molecule has 0 saturated heterocycles. The molecular weight excluding hydrogens is 252 g/mol. The van der Waals surface area contributed by atoms with Gasteiger partial charge in [0.1, 0.15) is 23.6 Å². The molecule has 2 aromatic rings. The average Bonchev–Trinajstić information content (AvgIpc) is 2.41. The Morgan fingerprint density at radius 3 is 2.78 bits per heavy atom. The van der Waals surface area contributed by atoms with Gasteiger partial charge in [-0.3, -0.25) is 5.43 Å². The van der Waals surface area contributed by atoms with Gasteiger partial charge in [-0.1, -0.05) is 11.6 Å². The van der Waals surface area contributed by atoms with Crippen LogP contribution in [-0.2, 0) is 0 Å². The quantitative estimate of drug-likeness (QED) is 0.504. The van der Waals surface area contributed by atoms with Gasteiger partial charge in [-0.05, 0) is 18.2 Å². The van der Waals surface area contributed by atoms with Gasteiger partial charge in [-0.25, -0.2) is 9.97 Å². The zero-order chi connectivity index (χ0) is 13.0. The summed E-state index contributed by atoms with van der Waals surface area (Å²) in [5.41, 5.74) is 3.62. The number of halogens is 1. The summed E-state index contributed by atoms with van der Waals surface area (Å²) in [5, 5.41) is 21.7. The smallest absolute Gasteiger partial charge is 0.237 e. The predicted octanol–water partition coefficient (Wildman–Crippen LogP) is 2.10. The van der Waals surface area contributed by atoms with Crippen LogP contribution in [0.3, 0.4) is 0 Å². The maximum atomic E-state index is 8.54. The van der Waals surface area contributed by atoms with Crippen molar-refractivity contribution in [2.75, 3.05) is 5.43 Å². The highest BCUT2D eigenvalue weighted by Crippen LogP contribution is 2.22. The molecule has 1 aromatic carbocycles. The largest absolute Gasteiger partial charge is 0.276 e. The number of fused-ring (bicyclic) bond motifs is 1. The number of anilines is 1. The van der Waals surface area contributed by atoms with E-state index in [1.54, 1.807) is 30.3 Å². The van der Waals surface area contributed by atoms with Crippen LogP contribution in [0.25, 0.3) is 10.9 Å². The minimum Gasteiger partial charge on any atom is -0.276 e. The van der Waals surface area contributed by atoms with E-state index in [0.717, 1.165) is 0 Å². The van der Waals surface area contributed by atoms with Crippen molar-refractivity contribution in [2.45, 2.75) is 0 Å². The van der Waals surface area contributed by atoms with Crippen LogP contribution >= 0.6 is 11.6 Å². The van der Waals surface area contributed by atoms with Crippen molar-refractivity contribution < 1.29 is 0 Å². The molecule has 0 unspecified atom stereocenters. The number of benzene rings is 1. The fourth-order valence-corrected chi connectivity index (χ4v) is 1.49. The minimum atomic E-state index is -0.259. The van der Waals surface area contributed by atoms with Crippen molar-refractivity contribution in [1.29, 1.82) is 10.5 Å². The first kappa shape index (κ1) is 11.8. The second-order valence-corrected chi connectivity index (χ2v) is 3.55. The summed E-state index contributed by atoms with van der Waals surface area (Å²) < 4.78 is 0. The van der Waals surface area contributed by atoms with E-state index in [4.69, 9.17) is 22.1 Å². The van der Waals surface area contributed by atoms with E-state index in [9.17, 15) is 0 Å². The first-order chi connectivity index (χ1) is 8.74. The number of nitriles is 2. The summed E-state index contributed by atoms with van der Waals surface area (Å²) in [5.74, 6) is 0. The van der Waals surface area contributed by atoms with Gasteiger partial charge in [0.15, 0.2) is 0 Å². The molecule has 0 atom stereocenters. The summed E-state index contributed by atoms with van der Waals surface area (Å²) in [4.78, 5) is 7.91. The maximum absolute atomic E-state index is 8.54. The van der Waals surface area contributed by atoms with Crippen LogP contribution in [0.2, 0.25) is 5.15 Å². The van der Waals surface area contributed by atoms with Gasteiger partial charge >= 0.3 is 0 Å². The Bertz CT molecular complexity index is 694. The van der Waals surface area contributed by atoms with Gasteiger partial charge in [0, 0.05) is 5.39 Å². The lowest BCUT2D eigenvalue weighted by Crippen LogP contribution is -1.96. The van der Waals surface area contributed by atoms with Gasteiger partial charge in [0.2, 0.25) is 5.71 Å². The molecule has 0 aliphatic rings. The fourth-order valence-electron chi connectivity index (χ4n) is 1.29. The van der Waals surface area contributed by atoms with E-state index in [1.807, 2.05) is 0 Å². The van der Waals surface area contributed by atoms with Gasteiger partial charge in [0.05, 0.1) is 11.2 Å². The molecule has 0 fully saturated rings. The Balaban J connectivity index is 2.37. The zero-order valence-electron chi connectivity index (χ0n) is 8.92. The number of hydrogen-bond donors (Lipinski definition) is 1. The van der Waals surface area contributed by atoms with Crippen LogP contribution in [0.15, 0.2) is 29.6 Å². The second kappa shape index (κ2) is 5.09. The van der Waals surface area contributed by atoms with E-state index in [1.165, 1.54) is 6.33 Å². The molecule has 0 amide bonds. The van der Waals surface area contributed by atoms with Crippen LogP contribution in [0.4, 0.5) is 5.69 Å². The fraction of sp³-hybridized carbons (Fsp3) is 0. The Kier molecular flexibility index (Phi) is 3.33. The molecule has 18 heavy (non-hydrogen) atoms. The molecule has 2 rings (SSSR count). The average molecular weight is 257 g/mol. The number of nitrogens with one attached hydrogen (secondary N) is 1. The van der Waals surface area contributed by atoms with Crippen molar-refractivity contribution in [3.05, 3.63) is 29.7 Å². The number of rotatable bonds is 2. The lowest BCUT2D eigenvalue weighted by atomic mass is 10.2. The summed E-state index contributed by atoms with van der Waals surface area (Å²) in [6, 6.07) is 8.43. The zero-order valence-corrected chi connectivity index (χ0v) is 9.68. The molecule has 86 valence electrons. The minimum absolute atomic E-state index is 0.259. The molecule has 6 nitrogen and oxygen atoms in total. The van der Waals surface area contributed by atoms with Crippen molar-refractivity contribution in [3.8, 4) is 12.1 Å². The molecule has 0 aliphatic carbocycles. The van der Waals surface area contributed by atoms with Gasteiger partial charge in [0.25, 0.3) is 0 Å². The third kappa shape index (κ3) is 2.34. The van der Waals surface area contributed by atoms with E-state index in [0.29, 0.717) is 21.7 Å². The number of nitrogens with zero attached hydrogens (tertiary/aromatic N) is 5. The number of hydrazone groups is 1. The third-order valence-corrected chi connectivity index (χ3v) is 2.40. The van der Waals surface area contributed by atoms with Crippen LogP contribution < -0.4 is 5.43 Å². The number of hydrogen-bond acceptors (Lipinski definition) is 6. The van der Waals surface area contributed by atoms with Gasteiger partial charge in [-0.2, -0.15) is 15.6 Å². The molecule has 0 saturated carbocycles. The Morgan fingerprint density at radius 1 is 1.28 bits per heavy atom. The van der Waals surface area contributed by atoms with Crippen LogP contribution in [0, 0.1) is 22.7 Å². The summed E-state index contributed by atoms with van der Waals surface area (Å²) in [6.45, 7) is 0. The molecule has 1 N–H and O–H groups in total. The van der Waals surface area contributed by atoms with Crippen molar-refractivity contribution >= 4 is 33.9 Å². The van der Waals surface area contributed by atoms with Crippen molar-refractivity contribution in [1.82, 2.24) is 9.97 Å². The molecule has 0 radical (unpaired) electrons. The van der Waals surface area contributed by atoms with Crippen LogP contribution in [0.1, 0.15) is 0 Å². The number of aromatic nitrogens is 2. The predicted molar refractivity (Wildman–Crippen MR) is 66.8 cm³/mol. The molecule has 0 spiro atoms. The highest BCUT2D eigenvalue weighted by Gasteiger charge is 2.02. The Hall–Kier alpha value is -2.70. The molecule has 7 heteroatoms. The standard InChI is InChI=1S/C11H5ClN6/c12-11-9-3-7(17-18-8(4-13)5-14)1-2-10(9)15-6-16-11/h1-3,6,17H. The van der Waals surface area contributed by atoms with Gasteiger partial charge < -0.3 is 0 Å². The summed E-state index contributed by atoms with van der Waals surface area (Å²) in [7, 11) is 0. The molecule has 1 heterocycles. The monoisotopic (exact) mass is 256 g/mol. The second-order valence-electron chi connectivity index (χ2n) is 3.19. The Labute approximate surface area is 107 Å².